The van der Waals surface area contributed by atoms with Gasteiger partial charge in [0.2, 0.25) is 0 Å². The van der Waals surface area contributed by atoms with E-state index >= 15 is 0 Å². The highest BCUT2D eigenvalue weighted by atomic mass is 35.5. The number of nitriles is 3. The van der Waals surface area contributed by atoms with Gasteiger partial charge in [0, 0.05) is 67.9 Å². The van der Waals surface area contributed by atoms with Crippen molar-refractivity contribution in [2.24, 2.45) is 0 Å². The fraction of sp³-hybridized carbons (Fsp3) is 0.250. The van der Waals surface area contributed by atoms with E-state index in [9.17, 15) is 20.9 Å². The van der Waals surface area contributed by atoms with Crippen molar-refractivity contribution in [1.29, 1.82) is 15.8 Å². The van der Waals surface area contributed by atoms with Crippen LogP contribution in [0.5, 0.6) is 5.75 Å². The predicted molar refractivity (Wildman–Crippen MR) is 219 cm³/mol. The van der Waals surface area contributed by atoms with Crippen molar-refractivity contribution in [1.82, 2.24) is 0 Å². The average molecular weight is 776 g/mol. The highest BCUT2D eigenvalue weighted by Crippen LogP contribution is 2.48. The Morgan fingerprint density at radius 1 is 0.870 bits per heavy atom. The normalized spacial score (nSPS) is 15.3. The van der Waals surface area contributed by atoms with Crippen LogP contribution < -0.4 is 9.64 Å². The van der Waals surface area contributed by atoms with Crippen LogP contribution in [0.1, 0.15) is 66.0 Å². The van der Waals surface area contributed by atoms with Crippen molar-refractivity contribution in [2.45, 2.75) is 51.7 Å². The van der Waals surface area contributed by atoms with Gasteiger partial charge in [-0.3, -0.25) is 0 Å². The van der Waals surface area contributed by atoms with Gasteiger partial charge in [0.15, 0.2) is 16.9 Å². The minimum Gasteiger partial charge on any atom is -0.488 e. The molecule has 0 fully saturated rings. The van der Waals surface area contributed by atoms with Gasteiger partial charge in [-0.15, -0.1) is 11.3 Å². The molecule has 0 amide bonds. The second-order valence-corrected chi connectivity index (χ2v) is 14.8. The van der Waals surface area contributed by atoms with E-state index in [0.717, 1.165) is 71.1 Å². The Labute approximate surface area is 331 Å². The molecular formula is C44H40Cl2N4O3S. The number of hydrogen-bond acceptors (Lipinski definition) is 8. The molecule has 0 spiro atoms. The van der Waals surface area contributed by atoms with Crippen LogP contribution in [0.4, 0.5) is 5.69 Å². The molecule has 54 heavy (non-hydrogen) atoms. The van der Waals surface area contributed by atoms with Crippen LogP contribution in [0.25, 0.3) is 18.2 Å². The van der Waals surface area contributed by atoms with Gasteiger partial charge in [0.25, 0.3) is 0 Å². The number of ether oxygens (including phenoxy) is 2. The summed E-state index contributed by atoms with van der Waals surface area (Å²) in [6.07, 6.45) is 11.6. The summed E-state index contributed by atoms with van der Waals surface area (Å²) in [7, 11) is 0. The number of aliphatic hydroxyl groups is 1. The van der Waals surface area contributed by atoms with E-state index < -0.39 is 5.60 Å². The number of halogens is 2. The number of hydrogen-bond donors (Lipinski definition) is 1. The maximum Gasteiger partial charge on any atom is 0.172 e. The Kier molecular flexibility index (Phi) is 14.2. The summed E-state index contributed by atoms with van der Waals surface area (Å²) in [5, 5.41) is 39.6. The van der Waals surface area contributed by atoms with Crippen molar-refractivity contribution < 1.29 is 14.6 Å². The third-order valence-electron chi connectivity index (χ3n) is 9.00. The first-order valence-electron chi connectivity index (χ1n) is 17.7. The molecule has 1 N–H and O–H groups in total. The first-order valence-corrected chi connectivity index (χ1v) is 19.3. The Bertz CT molecular complexity index is 2170. The number of anilines is 1. The van der Waals surface area contributed by atoms with Crippen LogP contribution in [-0.4, -0.2) is 24.8 Å². The molecule has 7 nitrogen and oxygen atoms in total. The SMILES string of the molecule is CCCCN(CCCCO)c1ccc(/C=C/c2ccc(/C=C/C3=C(C#N)C(=C(C#N)C#N)OC3(C)c3cc(Cl)cc(Cl)c3)s2)c(OCc2ccccc2)c1. The summed E-state index contributed by atoms with van der Waals surface area (Å²) in [5.74, 6) is 0.703. The van der Waals surface area contributed by atoms with Crippen LogP contribution in [0, 0.1) is 34.0 Å². The molecule has 0 radical (unpaired) electrons. The predicted octanol–water partition coefficient (Wildman–Crippen LogP) is 11.3. The van der Waals surface area contributed by atoms with Gasteiger partial charge in [-0.25, -0.2) is 0 Å². The van der Waals surface area contributed by atoms with Crippen LogP contribution in [-0.2, 0) is 16.9 Å². The fourth-order valence-corrected chi connectivity index (χ4v) is 7.45. The zero-order chi connectivity index (χ0) is 38.5. The van der Waals surface area contributed by atoms with Crippen LogP contribution in [0.15, 0.2) is 107 Å². The first kappa shape index (κ1) is 39.9. The molecule has 0 saturated heterocycles. The highest BCUT2D eigenvalue weighted by molar-refractivity contribution is 7.13. The zero-order valence-electron chi connectivity index (χ0n) is 30.2. The Morgan fingerprint density at radius 2 is 1.56 bits per heavy atom. The smallest absolute Gasteiger partial charge is 0.172 e. The second-order valence-electron chi connectivity index (χ2n) is 12.8. The summed E-state index contributed by atoms with van der Waals surface area (Å²) in [6.45, 7) is 6.36. The van der Waals surface area contributed by atoms with E-state index in [1.165, 1.54) is 0 Å². The monoisotopic (exact) mass is 774 g/mol. The summed E-state index contributed by atoms with van der Waals surface area (Å²) in [6, 6.07) is 31.2. The van der Waals surface area contributed by atoms with Crippen molar-refractivity contribution >= 4 is 58.5 Å². The number of thiophene rings is 1. The van der Waals surface area contributed by atoms with E-state index in [4.69, 9.17) is 32.7 Å². The van der Waals surface area contributed by atoms with Crippen molar-refractivity contribution in [2.75, 3.05) is 24.6 Å². The van der Waals surface area contributed by atoms with E-state index in [1.807, 2.05) is 66.8 Å². The molecule has 5 rings (SSSR count). The third-order valence-corrected chi connectivity index (χ3v) is 10.5. The molecule has 0 aliphatic carbocycles. The molecule has 10 heteroatoms. The molecule has 1 unspecified atom stereocenters. The average Bonchev–Trinajstić information content (AvgIpc) is 3.75. The van der Waals surface area contributed by atoms with Gasteiger partial charge < -0.3 is 19.5 Å². The van der Waals surface area contributed by atoms with E-state index in [0.29, 0.717) is 27.8 Å². The lowest BCUT2D eigenvalue weighted by atomic mass is 9.86. The van der Waals surface area contributed by atoms with Crippen LogP contribution in [0.3, 0.4) is 0 Å². The Morgan fingerprint density at radius 3 is 2.20 bits per heavy atom. The number of unbranched alkanes of at least 4 members (excludes halogenated alkanes) is 2. The van der Waals surface area contributed by atoms with Crippen molar-refractivity contribution in [3.63, 3.8) is 0 Å². The molecule has 1 aromatic heterocycles. The quantitative estimate of drug-likeness (QED) is 0.0890. The number of aliphatic hydroxyl groups excluding tert-OH is 1. The molecule has 1 atom stereocenters. The molecule has 0 bridgehead atoms. The van der Waals surface area contributed by atoms with Crippen LogP contribution >= 0.6 is 34.5 Å². The molecule has 4 aromatic rings. The number of allylic oxidation sites excluding steroid dienone is 2. The van der Waals surface area contributed by atoms with E-state index in [-0.39, 0.29) is 23.5 Å². The maximum atomic E-state index is 10.2. The molecule has 1 aliphatic rings. The summed E-state index contributed by atoms with van der Waals surface area (Å²) >= 11 is 14.3. The molecule has 1 aliphatic heterocycles. The summed E-state index contributed by atoms with van der Waals surface area (Å²) < 4.78 is 12.7. The topological polar surface area (TPSA) is 113 Å². The first-order chi connectivity index (χ1) is 26.2. The highest BCUT2D eigenvalue weighted by Gasteiger charge is 2.44. The van der Waals surface area contributed by atoms with Gasteiger partial charge in [0.05, 0.1) is 0 Å². The molecule has 274 valence electrons. The van der Waals surface area contributed by atoms with Gasteiger partial charge >= 0.3 is 0 Å². The molecule has 0 saturated carbocycles. The minimum atomic E-state index is -1.25. The summed E-state index contributed by atoms with van der Waals surface area (Å²) in [4.78, 5) is 4.28. The lowest BCUT2D eigenvalue weighted by molar-refractivity contribution is 0.0755. The molecular weight excluding hydrogens is 735 g/mol. The van der Waals surface area contributed by atoms with E-state index in [2.05, 4.69) is 42.2 Å². The van der Waals surface area contributed by atoms with Gasteiger partial charge in [-0.1, -0.05) is 73.0 Å². The van der Waals surface area contributed by atoms with Gasteiger partial charge in [0.1, 0.15) is 36.1 Å². The molecule has 3 aromatic carbocycles. The molecule has 2 heterocycles. The zero-order valence-corrected chi connectivity index (χ0v) is 32.5. The standard InChI is InChI=1S/C44H40Cl2N4O3S/c1-3-4-20-50(21-8-9-22-51)37-14-12-32(42(26-37)52-30-31-10-6-5-7-11-31)13-15-38-16-17-39(54-38)18-19-41-40(29-49)43(33(27-47)28-48)53-44(41,2)34-23-35(45)25-36(46)24-34/h5-7,10-19,23-26,51H,3-4,8-9,20-22,30H2,1-2H3/b15-13+,19-18+. The maximum absolute atomic E-state index is 10.2. The lowest BCUT2D eigenvalue weighted by Crippen LogP contribution is -2.25. The fourth-order valence-electron chi connectivity index (χ4n) is 6.11. The lowest BCUT2D eigenvalue weighted by Gasteiger charge is -2.27. The Hall–Kier alpha value is -5.27. The van der Waals surface area contributed by atoms with Crippen LogP contribution in [0.2, 0.25) is 10.0 Å². The number of benzene rings is 3. The van der Waals surface area contributed by atoms with Crippen molar-refractivity contribution in [3.05, 3.63) is 144 Å². The number of nitrogens with zero attached hydrogens (tertiary/aromatic N) is 4. The van der Waals surface area contributed by atoms with E-state index in [1.54, 1.807) is 42.5 Å². The third kappa shape index (κ3) is 9.83. The van der Waals surface area contributed by atoms with Gasteiger partial charge in [-0.2, -0.15) is 15.8 Å². The number of rotatable bonds is 16. The minimum absolute atomic E-state index is 0.0782. The second kappa shape index (κ2) is 19.2. The van der Waals surface area contributed by atoms with Gasteiger partial charge in [-0.05, 0) is 92.4 Å². The summed E-state index contributed by atoms with van der Waals surface area (Å²) in [5.41, 5.74) is 2.69. The van der Waals surface area contributed by atoms with Crippen molar-refractivity contribution in [3.8, 4) is 24.0 Å². The Balaban J connectivity index is 1.45. The largest absolute Gasteiger partial charge is 0.488 e.